The summed E-state index contributed by atoms with van der Waals surface area (Å²) in [7, 11) is 3.27. The van der Waals surface area contributed by atoms with E-state index < -0.39 is 6.04 Å². The second kappa shape index (κ2) is 13.8. The minimum atomic E-state index is -0.455. The minimum absolute atomic E-state index is 0. The Morgan fingerprint density at radius 3 is 2.39 bits per heavy atom. The van der Waals surface area contributed by atoms with Crippen LogP contribution in [0.15, 0.2) is 12.1 Å². The van der Waals surface area contributed by atoms with Crippen LogP contribution in [0, 0.1) is 0 Å². The number of benzene rings is 1. The molecule has 0 saturated heterocycles. The number of hydrogen-bond acceptors (Lipinski definition) is 7. The number of amides is 2. The Labute approximate surface area is 196 Å². The number of halogens is 1. The van der Waals surface area contributed by atoms with E-state index in [1.807, 2.05) is 25.3 Å². The van der Waals surface area contributed by atoms with Crippen molar-refractivity contribution in [2.75, 3.05) is 32.8 Å². The van der Waals surface area contributed by atoms with Gasteiger partial charge in [0.25, 0.3) is 0 Å². The Balaban J connectivity index is 0.00000480. The van der Waals surface area contributed by atoms with Gasteiger partial charge in [0.1, 0.15) is 0 Å². The molecule has 0 bridgehead atoms. The van der Waals surface area contributed by atoms with Crippen LogP contribution < -0.4 is 25.4 Å². The van der Waals surface area contributed by atoms with Gasteiger partial charge in [0.15, 0.2) is 11.5 Å². The second-order valence-electron chi connectivity index (χ2n) is 7.55. The molecule has 0 aliphatic heterocycles. The number of imide groups is 1. The van der Waals surface area contributed by atoms with Crippen molar-refractivity contribution in [3.05, 3.63) is 23.3 Å². The van der Waals surface area contributed by atoms with Crippen LogP contribution in [0.4, 0.5) is 0 Å². The predicted molar refractivity (Wildman–Crippen MR) is 129 cm³/mol. The van der Waals surface area contributed by atoms with Gasteiger partial charge in [-0.25, -0.2) is 0 Å². The first-order valence-electron chi connectivity index (χ1n) is 10.5. The van der Waals surface area contributed by atoms with Gasteiger partial charge in [-0.1, -0.05) is 6.92 Å². The van der Waals surface area contributed by atoms with Crippen molar-refractivity contribution in [3.63, 3.8) is 0 Å². The zero-order chi connectivity index (χ0) is 22.1. The number of hydrogen-bond donors (Lipinski definition) is 3. The molecular formula is C22H36ClN3O4S. The van der Waals surface area contributed by atoms with E-state index in [2.05, 4.69) is 16.0 Å². The lowest BCUT2D eigenvalue weighted by molar-refractivity contribution is -0.132. The Morgan fingerprint density at radius 2 is 1.81 bits per heavy atom. The standard InChI is InChI=1S/C22H35N3O4S.ClH/c1-6-23-18(9-10-30-5)22(27)25-21(26)14(2)24-17-8-7-15-12-19(28-3)20(29-4)13-16(15)11-17;/h12-14,17-18,23-24H,6-11H2,1-5H3,(H,25,26,27);1H/t14-,17?,18-;/m0./s1. The first-order valence-corrected chi connectivity index (χ1v) is 11.9. The highest BCUT2D eigenvalue weighted by Crippen LogP contribution is 2.34. The van der Waals surface area contributed by atoms with E-state index in [1.165, 1.54) is 11.1 Å². The number of aryl methyl sites for hydroxylation is 1. The fourth-order valence-electron chi connectivity index (χ4n) is 3.78. The van der Waals surface area contributed by atoms with Gasteiger partial charge >= 0.3 is 0 Å². The SMILES string of the molecule is CCN[C@@H](CCSC)C(=O)NC(=O)[C@H](C)NC1CCc2cc(OC)c(OC)cc2C1.Cl. The summed E-state index contributed by atoms with van der Waals surface area (Å²) in [6, 6.07) is 3.41. The van der Waals surface area contributed by atoms with E-state index in [9.17, 15) is 9.59 Å². The maximum absolute atomic E-state index is 12.6. The van der Waals surface area contributed by atoms with Crippen molar-refractivity contribution in [2.24, 2.45) is 0 Å². The Kier molecular flexibility index (Phi) is 12.3. The van der Waals surface area contributed by atoms with Crippen LogP contribution in [-0.4, -0.2) is 62.7 Å². The predicted octanol–water partition coefficient (Wildman–Crippen LogP) is 2.34. The molecule has 31 heavy (non-hydrogen) atoms. The lowest BCUT2D eigenvalue weighted by atomic mass is 9.87. The topological polar surface area (TPSA) is 88.7 Å². The normalized spacial score (nSPS) is 17.0. The molecule has 2 amide bonds. The van der Waals surface area contributed by atoms with Crippen molar-refractivity contribution in [1.29, 1.82) is 0 Å². The Hall–Kier alpha value is -1.48. The third kappa shape index (κ3) is 7.86. The van der Waals surface area contributed by atoms with Crippen LogP contribution >= 0.6 is 24.2 Å². The second-order valence-corrected chi connectivity index (χ2v) is 8.53. The molecule has 1 aliphatic carbocycles. The smallest absolute Gasteiger partial charge is 0.243 e. The zero-order valence-corrected chi connectivity index (χ0v) is 20.7. The van der Waals surface area contributed by atoms with Crippen LogP contribution in [0.2, 0.25) is 0 Å². The monoisotopic (exact) mass is 473 g/mol. The maximum atomic E-state index is 12.6. The fourth-order valence-corrected chi connectivity index (χ4v) is 4.25. The number of ether oxygens (including phenoxy) is 2. The zero-order valence-electron chi connectivity index (χ0n) is 19.1. The van der Waals surface area contributed by atoms with E-state index in [0.717, 1.165) is 30.8 Å². The van der Waals surface area contributed by atoms with Gasteiger partial charge in [-0.05, 0) is 74.4 Å². The van der Waals surface area contributed by atoms with Crippen LogP contribution in [0.1, 0.15) is 37.8 Å². The molecule has 0 aromatic heterocycles. The van der Waals surface area contributed by atoms with Gasteiger partial charge < -0.3 is 20.1 Å². The summed E-state index contributed by atoms with van der Waals surface area (Å²) in [5.41, 5.74) is 2.45. The molecule has 2 rings (SSSR count). The molecule has 7 nitrogen and oxygen atoms in total. The van der Waals surface area contributed by atoms with E-state index in [-0.39, 0.29) is 36.3 Å². The molecule has 0 saturated carbocycles. The van der Waals surface area contributed by atoms with E-state index in [1.54, 1.807) is 32.9 Å². The van der Waals surface area contributed by atoms with Crippen molar-refractivity contribution in [3.8, 4) is 11.5 Å². The first kappa shape index (κ1) is 27.6. The summed E-state index contributed by atoms with van der Waals surface area (Å²) < 4.78 is 10.8. The molecule has 1 aliphatic rings. The molecule has 0 radical (unpaired) electrons. The average molecular weight is 474 g/mol. The Morgan fingerprint density at radius 1 is 1.16 bits per heavy atom. The Bertz CT molecular complexity index is 735. The highest BCUT2D eigenvalue weighted by atomic mass is 35.5. The molecule has 9 heteroatoms. The average Bonchev–Trinajstić information content (AvgIpc) is 2.75. The summed E-state index contributed by atoms with van der Waals surface area (Å²) in [5.74, 6) is 1.78. The lowest BCUT2D eigenvalue weighted by Gasteiger charge is -2.29. The minimum Gasteiger partial charge on any atom is -0.493 e. The first-order chi connectivity index (χ1) is 14.4. The molecule has 3 atom stereocenters. The fraction of sp³-hybridized carbons (Fsp3) is 0.636. The van der Waals surface area contributed by atoms with Gasteiger partial charge in [0, 0.05) is 6.04 Å². The molecule has 1 unspecified atom stereocenters. The summed E-state index contributed by atoms with van der Waals surface area (Å²) in [5, 5.41) is 9.10. The number of methoxy groups -OCH3 is 2. The lowest BCUT2D eigenvalue weighted by Crippen LogP contribution is -2.53. The summed E-state index contributed by atoms with van der Waals surface area (Å²) in [6.07, 6.45) is 5.32. The number of fused-ring (bicyclic) bond motifs is 1. The molecule has 1 aromatic rings. The van der Waals surface area contributed by atoms with E-state index >= 15 is 0 Å². The summed E-state index contributed by atoms with van der Waals surface area (Å²) in [6.45, 7) is 4.44. The van der Waals surface area contributed by atoms with Crippen molar-refractivity contribution >= 4 is 36.0 Å². The number of thioether (sulfide) groups is 1. The van der Waals surface area contributed by atoms with Crippen molar-refractivity contribution in [2.45, 2.75) is 57.7 Å². The van der Waals surface area contributed by atoms with Gasteiger partial charge in [0.05, 0.1) is 26.3 Å². The third-order valence-electron chi connectivity index (χ3n) is 5.44. The van der Waals surface area contributed by atoms with Crippen LogP contribution in [-0.2, 0) is 22.4 Å². The highest BCUT2D eigenvalue weighted by molar-refractivity contribution is 7.98. The molecule has 3 N–H and O–H groups in total. The number of carbonyl (C=O) groups is 2. The van der Waals surface area contributed by atoms with Crippen molar-refractivity contribution in [1.82, 2.24) is 16.0 Å². The van der Waals surface area contributed by atoms with E-state index in [0.29, 0.717) is 18.7 Å². The highest BCUT2D eigenvalue weighted by Gasteiger charge is 2.26. The number of carbonyl (C=O) groups excluding carboxylic acids is 2. The van der Waals surface area contributed by atoms with Crippen LogP contribution in [0.25, 0.3) is 0 Å². The van der Waals surface area contributed by atoms with Crippen molar-refractivity contribution < 1.29 is 19.1 Å². The molecular weight excluding hydrogens is 438 g/mol. The third-order valence-corrected chi connectivity index (χ3v) is 6.08. The number of rotatable bonds is 11. The van der Waals surface area contributed by atoms with Gasteiger partial charge in [-0.2, -0.15) is 11.8 Å². The maximum Gasteiger partial charge on any atom is 0.243 e. The summed E-state index contributed by atoms with van der Waals surface area (Å²) >= 11 is 1.69. The van der Waals surface area contributed by atoms with Crippen LogP contribution in [0.5, 0.6) is 11.5 Å². The molecule has 0 spiro atoms. The molecule has 176 valence electrons. The van der Waals surface area contributed by atoms with Gasteiger partial charge in [0.2, 0.25) is 11.8 Å². The van der Waals surface area contributed by atoms with E-state index in [4.69, 9.17) is 9.47 Å². The molecule has 0 heterocycles. The quantitative estimate of drug-likeness (QED) is 0.454. The molecule has 0 fully saturated rings. The number of nitrogens with one attached hydrogen (secondary N) is 3. The van der Waals surface area contributed by atoms with Gasteiger partial charge in [-0.15, -0.1) is 12.4 Å². The summed E-state index contributed by atoms with van der Waals surface area (Å²) in [4.78, 5) is 25.1. The van der Waals surface area contributed by atoms with Gasteiger partial charge in [-0.3, -0.25) is 14.9 Å². The number of likely N-dealkylation sites (N-methyl/N-ethyl adjacent to an activating group) is 1. The molecule has 1 aromatic carbocycles. The van der Waals surface area contributed by atoms with Crippen LogP contribution in [0.3, 0.4) is 0 Å². The largest absolute Gasteiger partial charge is 0.493 e.